The molecule has 3 aromatic rings. The number of aldehydes is 1. The van der Waals surface area contributed by atoms with Gasteiger partial charge in [0.05, 0.1) is 12.8 Å². The standard InChI is InChI=1S/C23H28N6O3/c1-15(2)25-20-5-4-8-24-22(20)28-9-10-29(18(13-28)14-30)21-12-17-11-16(23(31)27-32-3)6-7-19(17)26-21/h4-8,11-12,14-15,18,25-26H,9-10,13H2,1-3H3,(H,27,31). The number of nitrogens with one attached hydrogen (secondary N) is 3. The molecule has 1 aliphatic rings. The van der Waals surface area contributed by atoms with E-state index in [4.69, 9.17) is 4.84 Å². The highest BCUT2D eigenvalue weighted by Crippen LogP contribution is 2.29. The van der Waals surface area contributed by atoms with E-state index >= 15 is 0 Å². The van der Waals surface area contributed by atoms with E-state index in [9.17, 15) is 9.59 Å². The van der Waals surface area contributed by atoms with Crippen LogP contribution in [-0.2, 0) is 9.63 Å². The number of pyridine rings is 1. The van der Waals surface area contributed by atoms with Crippen LogP contribution in [0.3, 0.4) is 0 Å². The highest BCUT2D eigenvalue weighted by Gasteiger charge is 2.29. The lowest BCUT2D eigenvalue weighted by Crippen LogP contribution is -2.54. The molecule has 4 rings (SSSR count). The monoisotopic (exact) mass is 436 g/mol. The number of hydroxylamine groups is 1. The molecule has 1 fully saturated rings. The van der Waals surface area contributed by atoms with Gasteiger partial charge in [0, 0.05) is 48.3 Å². The molecule has 9 heteroatoms. The molecule has 1 unspecified atom stereocenters. The van der Waals surface area contributed by atoms with Gasteiger partial charge in [0.2, 0.25) is 0 Å². The Hall–Kier alpha value is -3.59. The quantitative estimate of drug-likeness (QED) is 0.386. The summed E-state index contributed by atoms with van der Waals surface area (Å²) >= 11 is 0. The van der Waals surface area contributed by atoms with Crippen LogP contribution in [-0.4, -0.2) is 61.0 Å². The Morgan fingerprint density at radius 1 is 1.28 bits per heavy atom. The molecule has 1 saturated heterocycles. The van der Waals surface area contributed by atoms with Crippen molar-refractivity contribution in [2.75, 3.05) is 41.9 Å². The van der Waals surface area contributed by atoms with Crippen LogP contribution in [0, 0.1) is 0 Å². The molecule has 32 heavy (non-hydrogen) atoms. The maximum Gasteiger partial charge on any atom is 0.274 e. The summed E-state index contributed by atoms with van der Waals surface area (Å²) in [4.78, 5) is 40.9. The number of benzene rings is 1. The fourth-order valence-electron chi connectivity index (χ4n) is 4.06. The van der Waals surface area contributed by atoms with Crippen LogP contribution in [0.25, 0.3) is 10.9 Å². The zero-order valence-electron chi connectivity index (χ0n) is 18.5. The van der Waals surface area contributed by atoms with Gasteiger partial charge < -0.3 is 24.9 Å². The molecule has 2 aromatic heterocycles. The molecule has 0 bridgehead atoms. The van der Waals surface area contributed by atoms with Gasteiger partial charge in [-0.2, -0.15) is 0 Å². The van der Waals surface area contributed by atoms with Crippen molar-refractivity contribution < 1.29 is 14.4 Å². The molecule has 3 heterocycles. The van der Waals surface area contributed by atoms with Crippen LogP contribution >= 0.6 is 0 Å². The number of piperazine rings is 1. The maximum absolute atomic E-state index is 12.0. The fraction of sp³-hybridized carbons (Fsp3) is 0.348. The number of aromatic amines is 1. The van der Waals surface area contributed by atoms with Crippen LogP contribution in [0.15, 0.2) is 42.6 Å². The van der Waals surface area contributed by atoms with E-state index in [2.05, 4.69) is 44.4 Å². The first-order valence-electron chi connectivity index (χ1n) is 10.6. The average molecular weight is 437 g/mol. The number of fused-ring (bicyclic) bond motifs is 1. The molecule has 1 aliphatic heterocycles. The van der Waals surface area contributed by atoms with E-state index in [0.29, 0.717) is 18.7 Å². The molecule has 3 N–H and O–H groups in total. The predicted octanol–water partition coefficient (Wildman–Crippen LogP) is 2.57. The lowest BCUT2D eigenvalue weighted by atomic mass is 10.1. The summed E-state index contributed by atoms with van der Waals surface area (Å²) in [6.45, 7) is 6.09. The first kappa shape index (κ1) is 21.6. The summed E-state index contributed by atoms with van der Waals surface area (Å²) in [7, 11) is 1.40. The van der Waals surface area contributed by atoms with E-state index in [1.165, 1.54) is 7.11 Å². The summed E-state index contributed by atoms with van der Waals surface area (Å²) in [6.07, 6.45) is 2.76. The van der Waals surface area contributed by atoms with Crippen molar-refractivity contribution in [2.45, 2.75) is 25.9 Å². The third-order valence-corrected chi connectivity index (χ3v) is 5.48. The Kier molecular flexibility index (Phi) is 6.27. The third kappa shape index (κ3) is 4.38. The van der Waals surface area contributed by atoms with Crippen molar-refractivity contribution in [1.82, 2.24) is 15.4 Å². The minimum atomic E-state index is -0.332. The van der Waals surface area contributed by atoms with Crippen molar-refractivity contribution in [2.24, 2.45) is 0 Å². The van der Waals surface area contributed by atoms with Gasteiger partial charge in [-0.05, 0) is 50.2 Å². The van der Waals surface area contributed by atoms with Crippen molar-refractivity contribution in [1.29, 1.82) is 0 Å². The van der Waals surface area contributed by atoms with Crippen LogP contribution in [0.1, 0.15) is 24.2 Å². The second-order valence-corrected chi connectivity index (χ2v) is 8.11. The molecule has 168 valence electrons. The second-order valence-electron chi connectivity index (χ2n) is 8.11. The number of carbonyl (C=O) groups excluding carboxylic acids is 2. The molecule has 0 saturated carbocycles. The normalized spacial score (nSPS) is 16.4. The molecule has 1 atom stereocenters. The predicted molar refractivity (Wildman–Crippen MR) is 125 cm³/mol. The summed E-state index contributed by atoms with van der Waals surface area (Å²) in [5.41, 5.74) is 4.69. The largest absolute Gasteiger partial charge is 0.380 e. The lowest BCUT2D eigenvalue weighted by molar-refractivity contribution is -0.109. The van der Waals surface area contributed by atoms with Gasteiger partial charge in [-0.3, -0.25) is 9.63 Å². The zero-order chi connectivity index (χ0) is 22.7. The Labute approximate surface area is 186 Å². The van der Waals surface area contributed by atoms with Crippen LogP contribution in [0.5, 0.6) is 0 Å². The third-order valence-electron chi connectivity index (χ3n) is 5.48. The SMILES string of the molecule is CONC(=O)c1ccc2[nH]c(N3CCN(c4ncccc4NC(C)C)CC3C=O)cc2c1. The number of aromatic nitrogens is 2. The van der Waals surface area contributed by atoms with Crippen molar-refractivity contribution in [3.63, 3.8) is 0 Å². The number of amides is 1. The number of hydrogen-bond donors (Lipinski definition) is 3. The summed E-state index contributed by atoms with van der Waals surface area (Å²) in [5, 5.41) is 4.33. The fourth-order valence-corrected chi connectivity index (χ4v) is 4.06. The molecule has 1 aromatic carbocycles. The van der Waals surface area contributed by atoms with E-state index in [0.717, 1.165) is 41.1 Å². The lowest BCUT2D eigenvalue weighted by Gasteiger charge is -2.40. The minimum absolute atomic E-state index is 0.281. The number of nitrogens with zero attached hydrogens (tertiary/aromatic N) is 3. The highest BCUT2D eigenvalue weighted by atomic mass is 16.6. The van der Waals surface area contributed by atoms with Gasteiger partial charge >= 0.3 is 0 Å². The molecular weight excluding hydrogens is 408 g/mol. The Morgan fingerprint density at radius 2 is 2.12 bits per heavy atom. The van der Waals surface area contributed by atoms with Gasteiger partial charge in [-0.1, -0.05) is 0 Å². The van der Waals surface area contributed by atoms with Gasteiger partial charge in [-0.15, -0.1) is 0 Å². The number of H-pyrrole nitrogens is 1. The Bertz CT molecular complexity index is 1110. The smallest absolute Gasteiger partial charge is 0.274 e. The van der Waals surface area contributed by atoms with E-state index < -0.39 is 0 Å². The maximum atomic E-state index is 12.0. The number of carbonyl (C=O) groups is 2. The Balaban J connectivity index is 1.56. The minimum Gasteiger partial charge on any atom is -0.380 e. The molecule has 0 aliphatic carbocycles. The van der Waals surface area contributed by atoms with Gasteiger partial charge in [0.15, 0.2) is 5.82 Å². The zero-order valence-corrected chi connectivity index (χ0v) is 18.5. The van der Waals surface area contributed by atoms with E-state index in [1.54, 1.807) is 18.3 Å². The first-order chi connectivity index (χ1) is 15.5. The van der Waals surface area contributed by atoms with Crippen LogP contribution in [0.4, 0.5) is 17.3 Å². The molecule has 0 radical (unpaired) electrons. The number of anilines is 3. The molecule has 1 amide bonds. The van der Waals surface area contributed by atoms with Crippen LogP contribution < -0.4 is 20.6 Å². The molecule has 9 nitrogen and oxygen atoms in total. The molecule has 0 spiro atoms. The van der Waals surface area contributed by atoms with Crippen molar-refractivity contribution >= 4 is 40.4 Å². The van der Waals surface area contributed by atoms with E-state index in [1.807, 2.05) is 24.3 Å². The topological polar surface area (TPSA) is 103 Å². The Morgan fingerprint density at radius 3 is 2.88 bits per heavy atom. The summed E-state index contributed by atoms with van der Waals surface area (Å²) in [6, 6.07) is 11.2. The van der Waals surface area contributed by atoms with E-state index in [-0.39, 0.29) is 18.0 Å². The molecular formula is C23H28N6O3. The van der Waals surface area contributed by atoms with Gasteiger partial charge in [-0.25, -0.2) is 10.5 Å². The first-order valence-corrected chi connectivity index (χ1v) is 10.6. The summed E-state index contributed by atoms with van der Waals surface area (Å²) in [5.74, 6) is 1.40. The number of rotatable bonds is 7. The van der Waals surface area contributed by atoms with Gasteiger partial charge in [0.1, 0.15) is 18.1 Å². The average Bonchev–Trinajstić information content (AvgIpc) is 3.22. The van der Waals surface area contributed by atoms with Crippen molar-refractivity contribution in [3.05, 3.63) is 48.2 Å². The van der Waals surface area contributed by atoms with Crippen LogP contribution in [0.2, 0.25) is 0 Å². The van der Waals surface area contributed by atoms with Gasteiger partial charge in [0.25, 0.3) is 5.91 Å². The summed E-state index contributed by atoms with van der Waals surface area (Å²) < 4.78 is 0. The number of hydrogen-bond acceptors (Lipinski definition) is 7. The second kappa shape index (κ2) is 9.27. The highest BCUT2D eigenvalue weighted by molar-refractivity contribution is 5.98. The van der Waals surface area contributed by atoms with Crippen molar-refractivity contribution in [3.8, 4) is 0 Å².